The number of alkyl halides is 1. The minimum absolute atomic E-state index is 0.459. The molecule has 0 saturated carbocycles. The first-order chi connectivity index (χ1) is 9.65. The minimum atomic E-state index is 0.459. The van der Waals surface area contributed by atoms with E-state index in [1.165, 1.54) is 12.8 Å². The molecule has 0 fully saturated rings. The topological polar surface area (TPSA) is 35.6 Å². The van der Waals surface area contributed by atoms with E-state index in [2.05, 4.69) is 30.4 Å². The predicted octanol–water partition coefficient (Wildman–Crippen LogP) is 3.90. The maximum atomic E-state index is 6.10. The molecule has 0 aliphatic heterocycles. The molecule has 20 heavy (non-hydrogen) atoms. The molecule has 0 amide bonds. The Morgan fingerprint density at radius 1 is 1.20 bits per heavy atom. The predicted molar refractivity (Wildman–Crippen MR) is 84.1 cm³/mol. The van der Waals surface area contributed by atoms with Crippen molar-refractivity contribution < 1.29 is 0 Å². The Morgan fingerprint density at radius 2 is 1.90 bits per heavy atom. The third-order valence-electron chi connectivity index (χ3n) is 4.07. The van der Waals surface area contributed by atoms with E-state index in [-0.39, 0.29) is 0 Å². The van der Waals surface area contributed by atoms with E-state index < -0.39 is 0 Å². The van der Waals surface area contributed by atoms with Crippen LogP contribution in [-0.2, 0) is 25.9 Å². The summed E-state index contributed by atoms with van der Waals surface area (Å²) in [6, 6.07) is 0. The Kier molecular flexibility index (Phi) is 5.08. The van der Waals surface area contributed by atoms with Crippen LogP contribution in [0.4, 0.5) is 0 Å². The van der Waals surface area contributed by atoms with E-state index in [0.29, 0.717) is 11.8 Å². The largest absolute Gasteiger partial charge is 0.312 e. The molecule has 0 spiro atoms. The summed E-state index contributed by atoms with van der Waals surface area (Å²) < 4.78 is 4.23. The molecule has 2 aromatic heterocycles. The molecule has 0 unspecified atom stereocenters. The van der Waals surface area contributed by atoms with Gasteiger partial charge in [-0.05, 0) is 12.3 Å². The van der Waals surface area contributed by atoms with Crippen LogP contribution in [0.3, 0.4) is 0 Å². The molecule has 0 bridgehead atoms. The molecule has 0 saturated heterocycles. The molecule has 2 heterocycles. The summed E-state index contributed by atoms with van der Waals surface area (Å²) in [7, 11) is 2.00. The highest BCUT2D eigenvalue weighted by molar-refractivity contribution is 6.16. The van der Waals surface area contributed by atoms with Gasteiger partial charge < -0.3 is 4.57 Å². The summed E-state index contributed by atoms with van der Waals surface area (Å²) in [5.74, 6) is 2.10. The van der Waals surface area contributed by atoms with E-state index in [1.807, 2.05) is 11.7 Å². The van der Waals surface area contributed by atoms with Gasteiger partial charge in [0.2, 0.25) is 0 Å². The lowest BCUT2D eigenvalue weighted by Gasteiger charge is -2.15. The molecule has 5 heteroatoms. The number of imidazole rings is 1. The Bertz CT molecular complexity index is 566. The van der Waals surface area contributed by atoms with Crippen molar-refractivity contribution >= 4 is 22.8 Å². The van der Waals surface area contributed by atoms with Gasteiger partial charge in [0.15, 0.2) is 5.65 Å². The second kappa shape index (κ2) is 6.61. The smallest absolute Gasteiger partial charge is 0.158 e. The molecule has 112 valence electrons. The van der Waals surface area contributed by atoms with Gasteiger partial charge in [-0.2, -0.15) is 5.10 Å². The van der Waals surface area contributed by atoms with Crippen LogP contribution in [0.25, 0.3) is 11.2 Å². The van der Waals surface area contributed by atoms with Crippen molar-refractivity contribution in [1.82, 2.24) is 19.3 Å². The van der Waals surface area contributed by atoms with Crippen molar-refractivity contribution in [2.75, 3.05) is 0 Å². The summed E-state index contributed by atoms with van der Waals surface area (Å²) in [4.78, 5) is 4.74. The van der Waals surface area contributed by atoms with Crippen LogP contribution < -0.4 is 0 Å². The number of aryl methyl sites for hydroxylation is 2. The lowest BCUT2D eigenvalue weighted by Crippen LogP contribution is -2.13. The van der Waals surface area contributed by atoms with Gasteiger partial charge in [-0.15, -0.1) is 11.6 Å². The van der Waals surface area contributed by atoms with Crippen molar-refractivity contribution in [3.05, 3.63) is 11.5 Å². The Morgan fingerprint density at radius 3 is 2.45 bits per heavy atom. The summed E-state index contributed by atoms with van der Waals surface area (Å²) in [5.41, 5.74) is 3.26. The van der Waals surface area contributed by atoms with Crippen molar-refractivity contribution in [2.24, 2.45) is 13.0 Å². The van der Waals surface area contributed by atoms with Crippen LogP contribution in [0, 0.1) is 5.92 Å². The average molecular weight is 297 g/mol. The van der Waals surface area contributed by atoms with Crippen LogP contribution in [0.1, 0.15) is 51.6 Å². The van der Waals surface area contributed by atoms with Crippen LogP contribution in [0.15, 0.2) is 0 Å². The van der Waals surface area contributed by atoms with Gasteiger partial charge in [0.1, 0.15) is 11.3 Å². The summed E-state index contributed by atoms with van der Waals surface area (Å²) >= 11 is 6.10. The van der Waals surface area contributed by atoms with E-state index in [1.54, 1.807) is 0 Å². The number of aromatic nitrogens is 4. The van der Waals surface area contributed by atoms with Crippen molar-refractivity contribution in [3.63, 3.8) is 0 Å². The molecular formula is C15H25ClN4. The molecule has 2 aromatic rings. The van der Waals surface area contributed by atoms with Crippen LogP contribution >= 0.6 is 11.6 Å². The fraction of sp³-hybridized carbons (Fsp3) is 0.733. The van der Waals surface area contributed by atoms with E-state index in [9.17, 15) is 0 Å². The zero-order valence-electron chi connectivity index (χ0n) is 13.0. The van der Waals surface area contributed by atoms with E-state index >= 15 is 0 Å². The van der Waals surface area contributed by atoms with Crippen LogP contribution in [0.2, 0.25) is 0 Å². The van der Waals surface area contributed by atoms with Gasteiger partial charge in [0.25, 0.3) is 0 Å². The lowest BCUT2D eigenvalue weighted by molar-refractivity contribution is 0.415. The summed E-state index contributed by atoms with van der Waals surface area (Å²) in [6.07, 6.45) is 4.41. The molecule has 0 aromatic carbocycles. The van der Waals surface area contributed by atoms with Crippen molar-refractivity contribution in [1.29, 1.82) is 0 Å². The third-order valence-corrected chi connectivity index (χ3v) is 4.31. The normalized spacial score (nSPS) is 11.9. The molecule has 0 aliphatic rings. The monoisotopic (exact) mass is 296 g/mol. The zero-order chi connectivity index (χ0) is 14.7. The van der Waals surface area contributed by atoms with E-state index in [0.717, 1.165) is 42.1 Å². The maximum Gasteiger partial charge on any atom is 0.158 e. The van der Waals surface area contributed by atoms with Crippen LogP contribution in [-0.4, -0.2) is 19.3 Å². The highest BCUT2D eigenvalue weighted by atomic mass is 35.5. The molecular weight excluding hydrogens is 272 g/mol. The molecule has 4 nitrogen and oxygen atoms in total. The number of hydrogen-bond acceptors (Lipinski definition) is 2. The standard InChI is InChI=1S/C15H25ClN4/c1-5-8-12-14-15(19(4)18-12)20(13(9-16)17-14)10-11(6-2)7-3/h11H,5-10H2,1-4H3. The highest BCUT2D eigenvalue weighted by Gasteiger charge is 2.19. The number of hydrogen-bond donors (Lipinski definition) is 0. The lowest BCUT2D eigenvalue weighted by atomic mass is 10.0. The maximum absolute atomic E-state index is 6.10. The first-order valence-electron chi connectivity index (χ1n) is 7.63. The molecule has 0 radical (unpaired) electrons. The Labute approximate surface area is 126 Å². The van der Waals surface area contributed by atoms with Gasteiger partial charge in [-0.1, -0.05) is 40.0 Å². The van der Waals surface area contributed by atoms with Gasteiger partial charge >= 0.3 is 0 Å². The van der Waals surface area contributed by atoms with Gasteiger partial charge in [0.05, 0.1) is 11.6 Å². The highest BCUT2D eigenvalue weighted by Crippen LogP contribution is 2.24. The second-order valence-electron chi connectivity index (χ2n) is 5.45. The quantitative estimate of drug-likeness (QED) is 0.727. The van der Waals surface area contributed by atoms with Gasteiger partial charge in [-0.3, -0.25) is 4.68 Å². The molecule has 0 atom stereocenters. The fourth-order valence-corrected chi connectivity index (χ4v) is 2.99. The summed E-state index contributed by atoms with van der Waals surface area (Å²) in [5, 5.41) is 4.62. The number of nitrogens with zero attached hydrogens (tertiary/aromatic N) is 4. The number of rotatable bonds is 7. The van der Waals surface area contributed by atoms with Gasteiger partial charge in [0, 0.05) is 13.6 Å². The SMILES string of the molecule is CCCc1nn(C)c2c1nc(CCl)n2CC(CC)CC. The van der Waals surface area contributed by atoms with Gasteiger partial charge in [-0.25, -0.2) is 4.98 Å². The number of fused-ring (bicyclic) bond motifs is 1. The number of halogens is 1. The Balaban J connectivity index is 2.50. The van der Waals surface area contributed by atoms with E-state index in [4.69, 9.17) is 16.6 Å². The Hall–Kier alpha value is -1.03. The average Bonchev–Trinajstić information content (AvgIpc) is 2.95. The van der Waals surface area contributed by atoms with Crippen molar-refractivity contribution in [3.8, 4) is 0 Å². The summed E-state index contributed by atoms with van der Waals surface area (Å²) in [6.45, 7) is 7.64. The first-order valence-corrected chi connectivity index (χ1v) is 8.16. The third kappa shape index (κ3) is 2.71. The van der Waals surface area contributed by atoms with Crippen LogP contribution in [0.5, 0.6) is 0 Å². The second-order valence-corrected chi connectivity index (χ2v) is 5.71. The molecule has 0 N–H and O–H groups in total. The fourth-order valence-electron chi connectivity index (χ4n) is 2.79. The molecule has 2 rings (SSSR count). The van der Waals surface area contributed by atoms with Crippen molar-refractivity contribution in [2.45, 2.75) is 58.9 Å². The molecule has 0 aliphatic carbocycles. The minimum Gasteiger partial charge on any atom is -0.312 e. The zero-order valence-corrected chi connectivity index (χ0v) is 13.7. The first kappa shape index (κ1) is 15.4.